The molecule has 0 radical (unpaired) electrons. The van der Waals surface area contributed by atoms with Crippen LogP contribution in [-0.2, 0) is 4.74 Å². The van der Waals surface area contributed by atoms with Crippen molar-refractivity contribution in [1.29, 1.82) is 0 Å². The number of ether oxygens (including phenoxy) is 2. The summed E-state index contributed by atoms with van der Waals surface area (Å²) in [5.74, 6) is 1.17. The summed E-state index contributed by atoms with van der Waals surface area (Å²) in [6.45, 7) is 4.77. The molecule has 2 atom stereocenters. The van der Waals surface area contributed by atoms with Gasteiger partial charge in [0.1, 0.15) is 11.9 Å². The predicted molar refractivity (Wildman–Crippen MR) is 71.2 cm³/mol. The Bertz CT molecular complexity index is 538. The molecule has 0 N–H and O–H groups in total. The van der Waals surface area contributed by atoms with E-state index in [1.807, 2.05) is 13.0 Å². The molecule has 0 saturated heterocycles. The van der Waals surface area contributed by atoms with E-state index < -0.39 is 0 Å². The van der Waals surface area contributed by atoms with E-state index in [4.69, 9.17) is 9.47 Å². The monoisotopic (exact) mass is 259 g/mol. The van der Waals surface area contributed by atoms with E-state index in [2.05, 4.69) is 18.2 Å². The van der Waals surface area contributed by atoms with Crippen molar-refractivity contribution in [2.75, 3.05) is 13.2 Å². The number of hydrogen-bond acceptors (Lipinski definition) is 3. The first-order chi connectivity index (χ1) is 9.19. The average molecular weight is 259 g/mol. The molecule has 100 valence electrons. The van der Waals surface area contributed by atoms with Crippen molar-refractivity contribution in [2.24, 2.45) is 0 Å². The maximum atomic E-state index is 11.7. The molecule has 19 heavy (non-hydrogen) atoms. The van der Waals surface area contributed by atoms with Crippen LogP contribution in [0.5, 0.6) is 5.75 Å². The van der Waals surface area contributed by atoms with Crippen LogP contribution in [0.4, 0.5) is 4.79 Å². The van der Waals surface area contributed by atoms with Gasteiger partial charge >= 0.3 is 6.09 Å². The summed E-state index contributed by atoms with van der Waals surface area (Å²) in [5.41, 5.74) is 2.39. The molecule has 0 spiro atoms. The van der Waals surface area contributed by atoms with Crippen LogP contribution >= 0.6 is 0 Å². The first-order valence-electron chi connectivity index (χ1n) is 6.58. The average Bonchev–Trinajstić information content (AvgIpc) is 2.75. The molecular weight excluding hydrogens is 242 g/mol. The summed E-state index contributed by atoms with van der Waals surface area (Å²) in [5, 5.41) is 0. The molecule has 4 heteroatoms. The second-order valence-corrected chi connectivity index (χ2v) is 4.92. The standard InChI is InChI=1S/C15H17NO3/c1-3-18-15(17)16-7-6-12-11-5-4-10(2)8-13(11)19-14(12)9-16/h4-8,12,14H,3,9H2,1-2H3/t12-,14-/m0/s1. The van der Waals surface area contributed by atoms with Crippen molar-refractivity contribution in [3.05, 3.63) is 41.6 Å². The summed E-state index contributed by atoms with van der Waals surface area (Å²) in [6, 6.07) is 6.26. The molecule has 1 aromatic rings. The highest BCUT2D eigenvalue weighted by molar-refractivity contribution is 5.69. The summed E-state index contributed by atoms with van der Waals surface area (Å²) in [4.78, 5) is 13.3. The second kappa shape index (κ2) is 4.61. The predicted octanol–water partition coefficient (Wildman–Crippen LogP) is 2.83. The van der Waals surface area contributed by atoms with E-state index in [0.29, 0.717) is 13.2 Å². The van der Waals surface area contributed by atoms with Crippen molar-refractivity contribution < 1.29 is 14.3 Å². The van der Waals surface area contributed by atoms with Gasteiger partial charge in [0, 0.05) is 17.7 Å². The molecule has 0 unspecified atom stereocenters. The molecule has 4 nitrogen and oxygen atoms in total. The van der Waals surface area contributed by atoms with Gasteiger partial charge in [-0.25, -0.2) is 4.79 Å². The molecule has 2 heterocycles. The smallest absolute Gasteiger partial charge is 0.413 e. The minimum absolute atomic E-state index is 0.00814. The van der Waals surface area contributed by atoms with Crippen LogP contribution in [0.3, 0.4) is 0 Å². The van der Waals surface area contributed by atoms with Crippen LogP contribution in [0.15, 0.2) is 30.5 Å². The summed E-state index contributed by atoms with van der Waals surface area (Å²) in [6.07, 6.45) is 3.50. The third-order valence-electron chi connectivity index (χ3n) is 3.56. The van der Waals surface area contributed by atoms with E-state index in [9.17, 15) is 4.79 Å². The molecule has 0 fully saturated rings. The largest absolute Gasteiger partial charge is 0.487 e. The van der Waals surface area contributed by atoms with Gasteiger partial charge in [-0.15, -0.1) is 0 Å². The Balaban J connectivity index is 1.81. The molecule has 0 aliphatic carbocycles. The van der Waals surface area contributed by atoms with Crippen molar-refractivity contribution in [3.63, 3.8) is 0 Å². The summed E-state index contributed by atoms with van der Waals surface area (Å²) >= 11 is 0. The first-order valence-corrected chi connectivity index (χ1v) is 6.58. The highest BCUT2D eigenvalue weighted by Gasteiger charge is 2.37. The summed E-state index contributed by atoms with van der Waals surface area (Å²) < 4.78 is 11.0. The van der Waals surface area contributed by atoms with Gasteiger partial charge in [-0.05, 0) is 25.5 Å². The van der Waals surface area contributed by atoms with Crippen LogP contribution in [0, 0.1) is 6.92 Å². The van der Waals surface area contributed by atoms with E-state index in [0.717, 1.165) is 5.75 Å². The Morgan fingerprint density at radius 3 is 3.16 bits per heavy atom. The van der Waals surface area contributed by atoms with Gasteiger partial charge in [-0.1, -0.05) is 18.2 Å². The van der Waals surface area contributed by atoms with E-state index >= 15 is 0 Å². The molecule has 0 bridgehead atoms. The lowest BCUT2D eigenvalue weighted by molar-refractivity contribution is 0.0990. The molecule has 2 aliphatic rings. The second-order valence-electron chi connectivity index (χ2n) is 4.92. The van der Waals surface area contributed by atoms with Gasteiger partial charge in [0.25, 0.3) is 0 Å². The molecule has 0 saturated carbocycles. The van der Waals surface area contributed by atoms with Gasteiger partial charge in [-0.2, -0.15) is 0 Å². The van der Waals surface area contributed by atoms with Crippen molar-refractivity contribution >= 4 is 6.09 Å². The number of carbonyl (C=O) groups is 1. The zero-order valence-electron chi connectivity index (χ0n) is 11.1. The quantitative estimate of drug-likeness (QED) is 0.778. The molecule has 1 amide bonds. The third kappa shape index (κ3) is 2.07. The zero-order chi connectivity index (χ0) is 13.4. The highest BCUT2D eigenvalue weighted by Crippen LogP contribution is 2.41. The van der Waals surface area contributed by atoms with Crippen molar-refractivity contribution in [1.82, 2.24) is 4.90 Å². The summed E-state index contributed by atoms with van der Waals surface area (Å²) in [7, 11) is 0. The lowest BCUT2D eigenvalue weighted by Crippen LogP contribution is -2.40. The third-order valence-corrected chi connectivity index (χ3v) is 3.56. The van der Waals surface area contributed by atoms with Gasteiger partial charge in [0.05, 0.1) is 13.2 Å². The van der Waals surface area contributed by atoms with Crippen LogP contribution in [0.1, 0.15) is 24.0 Å². The van der Waals surface area contributed by atoms with E-state index in [1.165, 1.54) is 11.1 Å². The molecule has 3 rings (SSSR count). The Labute approximate surface area is 112 Å². The number of benzene rings is 1. The Morgan fingerprint density at radius 2 is 2.37 bits per heavy atom. The van der Waals surface area contributed by atoms with Crippen molar-refractivity contribution in [3.8, 4) is 5.75 Å². The number of hydrogen-bond donors (Lipinski definition) is 0. The van der Waals surface area contributed by atoms with Gasteiger partial charge in [0.2, 0.25) is 0 Å². The lowest BCUT2D eigenvalue weighted by Gasteiger charge is -2.28. The zero-order valence-corrected chi connectivity index (χ0v) is 11.1. The van der Waals surface area contributed by atoms with Gasteiger partial charge in [0.15, 0.2) is 0 Å². The highest BCUT2D eigenvalue weighted by atomic mass is 16.6. The Morgan fingerprint density at radius 1 is 1.53 bits per heavy atom. The fraction of sp³-hybridized carbons (Fsp3) is 0.400. The van der Waals surface area contributed by atoms with Crippen LogP contribution in [0.25, 0.3) is 0 Å². The minimum atomic E-state index is -0.312. The maximum Gasteiger partial charge on any atom is 0.413 e. The molecule has 0 aromatic heterocycles. The first kappa shape index (κ1) is 12.1. The number of fused-ring (bicyclic) bond motifs is 3. The SMILES string of the molecule is CCOC(=O)N1C=C[C@H]2c3ccc(C)cc3O[C@H]2C1. The van der Waals surface area contributed by atoms with E-state index in [1.54, 1.807) is 18.0 Å². The lowest BCUT2D eigenvalue weighted by atomic mass is 9.92. The van der Waals surface area contributed by atoms with Gasteiger partial charge < -0.3 is 9.47 Å². The van der Waals surface area contributed by atoms with Crippen LogP contribution < -0.4 is 4.74 Å². The number of rotatable bonds is 1. The maximum absolute atomic E-state index is 11.7. The molecule has 2 aliphatic heterocycles. The van der Waals surface area contributed by atoms with Crippen LogP contribution in [0.2, 0.25) is 0 Å². The fourth-order valence-electron chi connectivity index (χ4n) is 2.63. The van der Waals surface area contributed by atoms with Crippen LogP contribution in [-0.4, -0.2) is 30.2 Å². The molecular formula is C15H17NO3. The number of nitrogens with zero attached hydrogens (tertiary/aromatic N) is 1. The Kier molecular flexibility index (Phi) is 2.93. The Hall–Kier alpha value is -1.97. The normalized spacial score (nSPS) is 23.6. The minimum Gasteiger partial charge on any atom is -0.487 e. The topological polar surface area (TPSA) is 38.8 Å². The fourth-order valence-corrected chi connectivity index (χ4v) is 2.63. The molecule has 1 aromatic carbocycles. The van der Waals surface area contributed by atoms with E-state index in [-0.39, 0.29) is 18.1 Å². The number of amides is 1. The van der Waals surface area contributed by atoms with Gasteiger partial charge in [-0.3, -0.25) is 4.90 Å². The number of carbonyl (C=O) groups excluding carboxylic acids is 1. The van der Waals surface area contributed by atoms with Crippen molar-refractivity contribution in [2.45, 2.75) is 25.9 Å². The number of aryl methyl sites for hydroxylation is 1.